The fourth-order valence-electron chi connectivity index (χ4n) is 3.07. The molecule has 1 aromatic rings. The van der Waals surface area contributed by atoms with E-state index in [1.807, 2.05) is 25.1 Å². The van der Waals surface area contributed by atoms with Crippen molar-refractivity contribution in [2.45, 2.75) is 31.9 Å². The van der Waals surface area contributed by atoms with Crippen LogP contribution in [0.15, 0.2) is 18.2 Å². The van der Waals surface area contributed by atoms with Crippen molar-refractivity contribution in [2.75, 3.05) is 44.9 Å². The van der Waals surface area contributed by atoms with Gasteiger partial charge in [0.1, 0.15) is 12.4 Å². The van der Waals surface area contributed by atoms with Crippen molar-refractivity contribution in [3.63, 3.8) is 0 Å². The monoisotopic (exact) mass is 350 g/mol. The zero-order valence-corrected chi connectivity index (χ0v) is 14.6. The van der Waals surface area contributed by atoms with Crippen molar-refractivity contribution in [3.05, 3.63) is 23.8 Å². The number of benzene rings is 1. The molecule has 2 saturated heterocycles. The lowest BCUT2D eigenvalue weighted by molar-refractivity contribution is -0.00486. The fourth-order valence-corrected chi connectivity index (χ4v) is 3.07. The summed E-state index contributed by atoms with van der Waals surface area (Å²) in [5.41, 5.74) is 1.68. The van der Waals surface area contributed by atoms with Gasteiger partial charge in [-0.05, 0) is 37.5 Å². The van der Waals surface area contributed by atoms with Crippen LogP contribution in [0.3, 0.4) is 0 Å². The van der Waals surface area contributed by atoms with Crippen molar-refractivity contribution in [1.29, 1.82) is 0 Å². The Labute approximate surface area is 147 Å². The summed E-state index contributed by atoms with van der Waals surface area (Å²) in [6.45, 7) is 4.39. The summed E-state index contributed by atoms with van der Waals surface area (Å²) in [4.78, 5) is 14.2. The van der Waals surface area contributed by atoms with E-state index in [-0.39, 0.29) is 24.8 Å². The third-order valence-corrected chi connectivity index (χ3v) is 4.53. The summed E-state index contributed by atoms with van der Waals surface area (Å²) in [5, 5.41) is 12.3. The van der Waals surface area contributed by atoms with E-state index in [1.165, 1.54) is 0 Å². The minimum Gasteiger partial charge on any atom is -0.489 e. The molecule has 0 aliphatic carbocycles. The molecule has 3 rings (SSSR count). The molecular weight excluding hydrogens is 324 g/mol. The molecule has 0 spiro atoms. The van der Waals surface area contributed by atoms with Crippen molar-refractivity contribution >= 4 is 11.7 Å². The molecule has 138 valence electrons. The van der Waals surface area contributed by atoms with Gasteiger partial charge in [-0.25, -0.2) is 4.79 Å². The predicted octanol–water partition coefficient (Wildman–Crippen LogP) is 1.78. The summed E-state index contributed by atoms with van der Waals surface area (Å²) >= 11 is 0. The number of nitrogens with zero attached hydrogens (tertiary/aromatic N) is 1. The van der Waals surface area contributed by atoms with Crippen LogP contribution in [0.4, 0.5) is 10.5 Å². The van der Waals surface area contributed by atoms with Crippen LogP contribution in [0.25, 0.3) is 0 Å². The Bertz CT molecular complexity index is 589. The highest BCUT2D eigenvalue weighted by molar-refractivity contribution is 5.91. The lowest BCUT2D eigenvalue weighted by atomic mass is 10.2. The number of aliphatic hydroxyl groups is 1. The first-order valence-electron chi connectivity index (χ1n) is 8.78. The maximum atomic E-state index is 12.6. The van der Waals surface area contributed by atoms with Crippen molar-refractivity contribution in [2.24, 2.45) is 0 Å². The van der Waals surface area contributed by atoms with E-state index in [2.05, 4.69) is 5.32 Å². The minimum atomic E-state index is -0.324. The molecule has 0 radical (unpaired) electrons. The van der Waals surface area contributed by atoms with Gasteiger partial charge in [-0.1, -0.05) is 6.07 Å². The number of hydrogen-bond acceptors (Lipinski definition) is 5. The third kappa shape index (κ3) is 4.62. The number of urea groups is 1. The van der Waals surface area contributed by atoms with E-state index in [0.717, 1.165) is 25.0 Å². The lowest BCUT2D eigenvalue weighted by Gasteiger charge is -2.34. The number of anilines is 1. The molecule has 0 saturated carbocycles. The van der Waals surface area contributed by atoms with Gasteiger partial charge in [-0.3, -0.25) is 0 Å². The van der Waals surface area contributed by atoms with Gasteiger partial charge in [0.15, 0.2) is 0 Å². The summed E-state index contributed by atoms with van der Waals surface area (Å²) < 4.78 is 16.8. The Balaban J connectivity index is 1.66. The molecule has 2 atom stereocenters. The van der Waals surface area contributed by atoms with Crippen LogP contribution in [-0.2, 0) is 9.47 Å². The minimum absolute atomic E-state index is 0.113. The molecule has 1 unspecified atom stereocenters. The molecule has 2 N–H and O–H groups in total. The highest BCUT2D eigenvalue weighted by Gasteiger charge is 2.27. The Morgan fingerprint density at radius 1 is 1.44 bits per heavy atom. The van der Waals surface area contributed by atoms with E-state index in [1.54, 1.807) is 4.90 Å². The van der Waals surface area contributed by atoms with Crippen LogP contribution in [0.1, 0.15) is 18.4 Å². The normalized spacial score (nSPS) is 23.5. The molecule has 2 heterocycles. The van der Waals surface area contributed by atoms with Gasteiger partial charge in [-0.15, -0.1) is 0 Å². The molecule has 0 aromatic heterocycles. The van der Waals surface area contributed by atoms with Crippen LogP contribution in [0.5, 0.6) is 5.75 Å². The number of morpholine rings is 1. The number of amides is 2. The van der Waals surface area contributed by atoms with Crippen molar-refractivity contribution in [1.82, 2.24) is 4.90 Å². The molecule has 2 aliphatic rings. The number of carbonyl (C=O) groups excluding carboxylic acids is 1. The molecular formula is C18H26N2O5. The van der Waals surface area contributed by atoms with Gasteiger partial charge in [0, 0.05) is 13.2 Å². The highest BCUT2D eigenvalue weighted by Crippen LogP contribution is 2.27. The maximum Gasteiger partial charge on any atom is 0.322 e. The van der Waals surface area contributed by atoms with Crippen molar-refractivity contribution < 1.29 is 24.1 Å². The quantitative estimate of drug-likeness (QED) is 0.846. The molecule has 2 amide bonds. The van der Waals surface area contributed by atoms with E-state index in [0.29, 0.717) is 37.8 Å². The predicted molar refractivity (Wildman–Crippen MR) is 93.1 cm³/mol. The van der Waals surface area contributed by atoms with E-state index in [4.69, 9.17) is 14.2 Å². The zero-order chi connectivity index (χ0) is 17.6. The first-order chi connectivity index (χ1) is 12.2. The second kappa shape index (κ2) is 8.51. The van der Waals surface area contributed by atoms with Gasteiger partial charge in [-0.2, -0.15) is 0 Å². The van der Waals surface area contributed by atoms with E-state index < -0.39 is 0 Å². The maximum absolute atomic E-state index is 12.6. The molecule has 2 aliphatic heterocycles. The first-order valence-corrected chi connectivity index (χ1v) is 8.78. The number of hydrogen-bond donors (Lipinski definition) is 2. The standard InChI is InChI=1S/C18H26N2O5/c1-13-4-5-16(17(9-13)25-12-15-3-2-7-24-15)19-18(22)20-6-8-23-11-14(20)10-21/h4-5,9,14-15,21H,2-3,6-8,10-12H2,1H3,(H,19,22)/t14-,15?/m0/s1. The lowest BCUT2D eigenvalue weighted by Crippen LogP contribution is -2.52. The largest absolute Gasteiger partial charge is 0.489 e. The smallest absolute Gasteiger partial charge is 0.322 e. The first kappa shape index (κ1) is 18.0. The molecule has 7 nitrogen and oxygen atoms in total. The summed E-state index contributed by atoms with van der Waals surface area (Å²) in [5.74, 6) is 0.637. The summed E-state index contributed by atoms with van der Waals surface area (Å²) in [7, 11) is 0. The highest BCUT2D eigenvalue weighted by atomic mass is 16.5. The van der Waals surface area contributed by atoms with Gasteiger partial charge < -0.3 is 29.5 Å². The second-order valence-electron chi connectivity index (χ2n) is 6.48. The molecule has 2 fully saturated rings. The fraction of sp³-hybridized carbons (Fsp3) is 0.611. The average molecular weight is 350 g/mol. The average Bonchev–Trinajstić information content (AvgIpc) is 3.15. The van der Waals surface area contributed by atoms with Gasteiger partial charge in [0.25, 0.3) is 0 Å². The second-order valence-corrected chi connectivity index (χ2v) is 6.48. The molecule has 1 aromatic carbocycles. The Kier molecular flexibility index (Phi) is 6.12. The van der Waals surface area contributed by atoms with Crippen LogP contribution in [-0.4, -0.2) is 67.8 Å². The third-order valence-electron chi connectivity index (χ3n) is 4.53. The number of ether oxygens (including phenoxy) is 3. The van der Waals surface area contributed by atoms with Crippen LogP contribution in [0, 0.1) is 6.92 Å². The van der Waals surface area contributed by atoms with Crippen LogP contribution in [0.2, 0.25) is 0 Å². The molecule has 7 heteroatoms. The Hall–Kier alpha value is -1.83. The van der Waals surface area contributed by atoms with E-state index >= 15 is 0 Å². The van der Waals surface area contributed by atoms with Gasteiger partial charge in [0.05, 0.1) is 37.7 Å². The number of nitrogens with one attached hydrogen (secondary N) is 1. The number of aryl methyl sites for hydroxylation is 1. The van der Waals surface area contributed by atoms with E-state index in [9.17, 15) is 9.90 Å². The number of carbonyl (C=O) groups is 1. The number of aliphatic hydroxyl groups excluding tert-OH is 1. The number of rotatable bonds is 5. The molecule has 25 heavy (non-hydrogen) atoms. The zero-order valence-electron chi connectivity index (χ0n) is 14.6. The molecule has 0 bridgehead atoms. The summed E-state index contributed by atoms with van der Waals surface area (Å²) in [6, 6.07) is 5.10. The summed E-state index contributed by atoms with van der Waals surface area (Å²) in [6.07, 6.45) is 2.17. The Morgan fingerprint density at radius 3 is 3.08 bits per heavy atom. The van der Waals surface area contributed by atoms with Crippen LogP contribution >= 0.6 is 0 Å². The van der Waals surface area contributed by atoms with Gasteiger partial charge >= 0.3 is 6.03 Å². The SMILES string of the molecule is Cc1ccc(NC(=O)N2CCOC[C@@H]2CO)c(OCC2CCCO2)c1. The Morgan fingerprint density at radius 2 is 2.32 bits per heavy atom. The topological polar surface area (TPSA) is 80.3 Å². The van der Waals surface area contributed by atoms with Gasteiger partial charge in [0.2, 0.25) is 0 Å². The van der Waals surface area contributed by atoms with Crippen molar-refractivity contribution in [3.8, 4) is 5.75 Å². The van der Waals surface area contributed by atoms with Crippen LogP contribution < -0.4 is 10.1 Å².